The highest BCUT2D eigenvalue weighted by Gasteiger charge is 2.21. The fourth-order valence-electron chi connectivity index (χ4n) is 1.69. The van der Waals surface area contributed by atoms with Crippen molar-refractivity contribution in [2.24, 2.45) is 11.8 Å². The Morgan fingerprint density at radius 2 is 2.05 bits per heavy atom. The number of benzene rings is 1. The summed E-state index contributed by atoms with van der Waals surface area (Å²) in [5, 5.41) is 14.4. The van der Waals surface area contributed by atoms with E-state index in [9.17, 15) is 10.1 Å². The molecule has 0 saturated heterocycles. The van der Waals surface area contributed by atoms with E-state index in [4.69, 9.17) is 4.74 Å². The quantitative estimate of drug-likeness (QED) is 0.575. The van der Waals surface area contributed by atoms with Crippen molar-refractivity contribution < 1.29 is 9.66 Å². The van der Waals surface area contributed by atoms with E-state index in [1.165, 1.54) is 0 Å². The zero-order valence-electron chi connectivity index (χ0n) is 12.7. The average Bonchev–Trinajstić information content (AvgIpc) is 2.41. The first-order valence-electron chi connectivity index (χ1n) is 7.11. The van der Waals surface area contributed by atoms with E-state index in [1.54, 1.807) is 18.2 Å². The number of nitro groups is 1. The van der Waals surface area contributed by atoms with Gasteiger partial charge < -0.3 is 10.1 Å². The minimum absolute atomic E-state index is 0.0249. The smallest absolute Gasteiger partial charge is 0.333 e. The van der Waals surface area contributed by atoms with Gasteiger partial charge in [-0.25, -0.2) is 0 Å². The predicted molar refractivity (Wildman–Crippen MR) is 81.4 cm³/mol. The van der Waals surface area contributed by atoms with Gasteiger partial charge in [0.25, 0.3) is 0 Å². The fourth-order valence-corrected chi connectivity index (χ4v) is 1.69. The monoisotopic (exact) mass is 280 g/mol. The highest BCUT2D eigenvalue weighted by Crippen LogP contribution is 2.35. The standard InChI is InChI=1S/C15H24N2O3/c1-5-9-20-14-8-6-7-13(15(14)17(18)19)16-10-12(4)11(2)3/h6-8,11-12,16H,5,9-10H2,1-4H3. The molecule has 1 N–H and O–H groups in total. The molecule has 0 radical (unpaired) electrons. The van der Waals surface area contributed by atoms with Crippen LogP contribution < -0.4 is 10.1 Å². The third kappa shape index (κ3) is 4.40. The molecule has 112 valence electrons. The highest BCUT2D eigenvalue weighted by atomic mass is 16.6. The number of ether oxygens (including phenoxy) is 1. The molecule has 1 aromatic rings. The van der Waals surface area contributed by atoms with Crippen molar-refractivity contribution in [2.75, 3.05) is 18.5 Å². The predicted octanol–water partition coefficient (Wildman–Crippen LogP) is 4.09. The van der Waals surface area contributed by atoms with Gasteiger partial charge in [0.15, 0.2) is 5.75 Å². The first kappa shape index (κ1) is 16.3. The molecule has 0 bridgehead atoms. The Morgan fingerprint density at radius 3 is 2.60 bits per heavy atom. The third-order valence-electron chi connectivity index (χ3n) is 3.40. The van der Waals surface area contributed by atoms with Gasteiger partial charge in [-0.3, -0.25) is 10.1 Å². The minimum atomic E-state index is -0.382. The molecule has 5 heteroatoms. The maximum absolute atomic E-state index is 11.3. The van der Waals surface area contributed by atoms with E-state index < -0.39 is 0 Å². The van der Waals surface area contributed by atoms with Gasteiger partial charge >= 0.3 is 5.69 Å². The van der Waals surface area contributed by atoms with Gasteiger partial charge in [-0.1, -0.05) is 33.8 Å². The summed E-state index contributed by atoms with van der Waals surface area (Å²) in [6, 6.07) is 5.15. The molecule has 0 aliphatic heterocycles. The van der Waals surface area contributed by atoms with E-state index in [0.717, 1.165) is 6.42 Å². The summed E-state index contributed by atoms with van der Waals surface area (Å²) in [6.07, 6.45) is 0.819. The van der Waals surface area contributed by atoms with Crippen molar-refractivity contribution in [2.45, 2.75) is 34.1 Å². The van der Waals surface area contributed by atoms with Crippen LogP contribution in [0.2, 0.25) is 0 Å². The summed E-state index contributed by atoms with van der Waals surface area (Å²) < 4.78 is 5.46. The Bertz CT molecular complexity index is 447. The lowest BCUT2D eigenvalue weighted by Crippen LogP contribution is -2.17. The number of para-hydroxylation sites is 1. The largest absolute Gasteiger partial charge is 0.487 e. The molecule has 0 aliphatic carbocycles. The summed E-state index contributed by atoms with van der Waals surface area (Å²) in [7, 11) is 0. The van der Waals surface area contributed by atoms with Crippen LogP contribution in [0.3, 0.4) is 0 Å². The van der Waals surface area contributed by atoms with Gasteiger partial charge in [-0.05, 0) is 30.4 Å². The molecule has 0 heterocycles. The van der Waals surface area contributed by atoms with Gasteiger partial charge in [0, 0.05) is 6.54 Å². The van der Waals surface area contributed by atoms with Crippen LogP contribution in [0.15, 0.2) is 18.2 Å². The number of rotatable bonds is 8. The molecule has 0 aliphatic rings. The van der Waals surface area contributed by atoms with Gasteiger partial charge in [0.05, 0.1) is 11.5 Å². The van der Waals surface area contributed by atoms with Crippen molar-refractivity contribution >= 4 is 11.4 Å². The van der Waals surface area contributed by atoms with Crippen molar-refractivity contribution in [1.82, 2.24) is 0 Å². The second-order valence-corrected chi connectivity index (χ2v) is 5.36. The molecule has 0 saturated carbocycles. The second-order valence-electron chi connectivity index (χ2n) is 5.36. The number of hydrogen-bond donors (Lipinski definition) is 1. The molecule has 1 atom stereocenters. The van der Waals surface area contributed by atoms with E-state index in [0.29, 0.717) is 36.4 Å². The molecular formula is C15H24N2O3. The summed E-state index contributed by atoms with van der Waals surface area (Å²) in [5.41, 5.74) is 0.549. The molecule has 20 heavy (non-hydrogen) atoms. The van der Waals surface area contributed by atoms with Crippen LogP contribution >= 0.6 is 0 Å². The molecule has 0 aromatic heterocycles. The topological polar surface area (TPSA) is 64.4 Å². The number of hydrogen-bond acceptors (Lipinski definition) is 4. The number of nitro benzene ring substituents is 1. The van der Waals surface area contributed by atoms with Crippen LogP contribution in [0.5, 0.6) is 5.75 Å². The van der Waals surface area contributed by atoms with Gasteiger partial charge in [0.2, 0.25) is 0 Å². The van der Waals surface area contributed by atoms with Crippen molar-refractivity contribution in [3.63, 3.8) is 0 Å². The van der Waals surface area contributed by atoms with Crippen LogP contribution in [-0.2, 0) is 0 Å². The van der Waals surface area contributed by atoms with E-state index in [-0.39, 0.29) is 10.6 Å². The van der Waals surface area contributed by atoms with Crippen molar-refractivity contribution in [3.8, 4) is 5.75 Å². The summed E-state index contributed by atoms with van der Waals surface area (Å²) in [6.45, 7) is 9.56. The Balaban J connectivity index is 2.91. The summed E-state index contributed by atoms with van der Waals surface area (Å²) >= 11 is 0. The van der Waals surface area contributed by atoms with Crippen LogP contribution in [-0.4, -0.2) is 18.1 Å². The number of nitrogens with one attached hydrogen (secondary N) is 1. The molecule has 1 rings (SSSR count). The Labute approximate surface area is 120 Å². The minimum Gasteiger partial charge on any atom is -0.487 e. The van der Waals surface area contributed by atoms with Crippen molar-refractivity contribution in [1.29, 1.82) is 0 Å². The van der Waals surface area contributed by atoms with E-state index >= 15 is 0 Å². The lowest BCUT2D eigenvalue weighted by Gasteiger charge is -2.17. The second kappa shape index (κ2) is 7.72. The molecule has 0 spiro atoms. The van der Waals surface area contributed by atoms with Gasteiger partial charge in [-0.2, -0.15) is 0 Å². The Hall–Kier alpha value is -1.78. The number of nitrogens with zero attached hydrogens (tertiary/aromatic N) is 1. The van der Waals surface area contributed by atoms with Gasteiger partial charge in [-0.15, -0.1) is 0 Å². The van der Waals surface area contributed by atoms with Crippen LogP contribution in [0.25, 0.3) is 0 Å². The molecule has 0 amide bonds. The molecule has 1 aromatic carbocycles. The molecule has 0 fully saturated rings. The Morgan fingerprint density at radius 1 is 1.35 bits per heavy atom. The SMILES string of the molecule is CCCOc1cccc(NCC(C)C(C)C)c1[N+](=O)[O-]. The maximum atomic E-state index is 11.3. The van der Waals surface area contributed by atoms with Gasteiger partial charge in [0.1, 0.15) is 5.69 Å². The molecule has 5 nitrogen and oxygen atoms in total. The maximum Gasteiger partial charge on any atom is 0.333 e. The lowest BCUT2D eigenvalue weighted by molar-refractivity contribution is -0.385. The van der Waals surface area contributed by atoms with Crippen LogP contribution in [0, 0.1) is 22.0 Å². The fraction of sp³-hybridized carbons (Fsp3) is 0.600. The molecular weight excluding hydrogens is 256 g/mol. The first-order chi connectivity index (χ1) is 9.47. The lowest BCUT2D eigenvalue weighted by atomic mass is 9.98. The number of anilines is 1. The van der Waals surface area contributed by atoms with Crippen molar-refractivity contribution in [3.05, 3.63) is 28.3 Å². The third-order valence-corrected chi connectivity index (χ3v) is 3.40. The first-order valence-corrected chi connectivity index (χ1v) is 7.11. The van der Waals surface area contributed by atoms with E-state index in [1.807, 2.05) is 6.92 Å². The molecule has 1 unspecified atom stereocenters. The average molecular weight is 280 g/mol. The Kier molecular flexibility index (Phi) is 6.28. The van der Waals surface area contributed by atoms with Crippen LogP contribution in [0.1, 0.15) is 34.1 Å². The zero-order chi connectivity index (χ0) is 15.1. The summed E-state index contributed by atoms with van der Waals surface area (Å²) in [5.74, 6) is 1.30. The zero-order valence-corrected chi connectivity index (χ0v) is 12.7. The summed E-state index contributed by atoms with van der Waals surface area (Å²) in [4.78, 5) is 10.9. The van der Waals surface area contributed by atoms with Crippen LogP contribution in [0.4, 0.5) is 11.4 Å². The normalized spacial score (nSPS) is 12.2. The highest BCUT2D eigenvalue weighted by molar-refractivity contribution is 5.68. The van der Waals surface area contributed by atoms with E-state index in [2.05, 4.69) is 26.1 Å².